The maximum atomic E-state index is 12.8. The van der Waals surface area contributed by atoms with Gasteiger partial charge in [-0.25, -0.2) is 4.98 Å². The second kappa shape index (κ2) is 7.26. The first-order chi connectivity index (χ1) is 13.5. The molecule has 4 rings (SSSR count). The third-order valence-electron chi connectivity index (χ3n) is 5.14. The van der Waals surface area contributed by atoms with Gasteiger partial charge in [0.2, 0.25) is 5.91 Å². The quantitative estimate of drug-likeness (QED) is 0.660. The molecule has 1 amide bonds. The molecule has 142 valence electrons. The van der Waals surface area contributed by atoms with Gasteiger partial charge in [-0.05, 0) is 29.7 Å². The lowest BCUT2D eigenvalue weighted by Gasteiger charge is -2.37. The van der Waals surface area contributed by atoms with E-state index < -0.39 is 12.0 Å². The van der Waals surface area contributed by atoms with E-state index in [0.717, 1.165) is 11.1 Å². The molecule has 0 bridgehead atoms. The first-order valence-corrected chi connectivity index (χ1v) is 9.06. The van der Waals surface area contributed by atoms with E-state index in [1.54, 1.807) is 24.3 Å². The van der Waals surface area contributed by atoms with E-state index in [9.17, 15) is 19.5 Å². The van der Waals surface area contributed by atoms with Crippen molar-refractivity contribution in [2.24, 2.45) is 0 Å². The van der Waals surface area contributed by atoms with Crippen molar-refractivity contribution in [2.45, 2.75) is 32.0 Å². The number of nitrogens with zero attached hydrogens (tertiary/aromatic N) is 3. The van der Waals surface area contributed by atoms with Crippen LogP contribution in [0.15, 0.2) is 59.7 Å². The number of carbonyl (C=O) groups excluding carboxylic acids is 2. The summed E-state index contributed by atoms with van der Waals surface area (Å²) < 4.78 is 1.38. The lowest BCUT2D eigenvalue weighted by Crippen LogP contribution is -2.53. The van der Waals surface area contributed by atoms with Crippen LogP contribution in [0.2, 0.25) is 0 Å². The summed E-state index contributed by atoms with van der Waals surface area (Å²) in [6.45, 7) is 0.353. The summed E-state index contributed by atoms with van der Waals surface area (Å²) in [5.74, 6) is -1.60. The molecule has 2 aromatic carbocycles. The van der Waals surface area contributed by atoms with Crippen LogP contribution in [0.25, 0.3) is 10.9 Å². The highest BCUT2D eigenvalue weighted by Crippen LogP contribution is 2.23. The van der Waals surface area contributed by atoms with Gasteiger partial charge >= 0.3 is 0 Å². The number of hydrogen-bond donors (Lipinski definition) is 0. The Labute approximate surface area is 160 Å². The van der Waals surface area contributed by atoms with Crippen molar-refractivity contribution in [2.75, 3.05) is 0 Å². The Morgan fingerprint density at radius 1 is 1.07 bits per heavy atom. The second-order valence-electron chi connectivity index (χ2n) is 6.84. The van der Waals surface area contributed by atoms with Gasteiger partial charge in [-0.3, -0.25) is 14.2 Å². The standard InChI is InChI=1S/C21H19N3O4/c25-19(9-10-23-13-22-17-8-4-3-7-16(17)20(23)26)24-12-15-6-2-1-5-14(15)11-18(24)21(27)28/h1-8,13,18H,9-12H2,(H,27,28)/p-1/t18-/m0/s1. The zero-order chi connectivity index (χ0) is 19.7. The lowest BCUT2D eigenvalue weighted by atomic mass is 9.93. The summed E-state index contributed by atoms with van der Waals surface area (Å²) in [6.07, 6.45) is 1.65. The number of aromatic nitrogens is 2. The van der Waals surface area contributed by atoms with Gasteiger partial charge in [-0.1, -0.05) is 36.4 Å². The fraction of sp³-hybridized carbons (Fsp3) is 0.238. The Bertz CT molecular complexity index is 1120. The SMILES string of the molecule is O=C([O-])[C@@H]1Cc2ccccc2CN1C(=O)CCn1cnc2ccccc2c1=O. The van der Waals surface area contributed by atoms with Crippen LogP contribution in [0.4, 0.5) is 0 Å². The summed E-state index contributed by atoms with van der Waals surface area (Å²) in [7, 11) is 0. The van der Waals surface area contributed by atoms with E-state index in [2.05, 4.69) is 4.98 Å². The van der Waals surface area contributed by atoms with Gasteiger partial charge < -0.3 is 14.8 Å². The Kier molecular flexibility index (Phi) is 4.65. The number of amides is 1. The Morgan fingerprint density at radius 3 is 2.57 bits per heavy atom. The Balaban J connectivity index is 1.54. The van der Waals surface area contributed by atoms with Crippen molar-refractivity contribution >= 4 is 22.8 Å². The molecule has 0 aliphatic carbocycles. The molecule has 7 heteroatoms. The average Bonchev–Trinajstić information content (AvgIpc) is 2.72. The highest BCUT2D eigenvalue weighted by atomic mass is 16.4. The van der Waals surface area contributed by atoms with Gasteiger partial charge in [0.25, 0.3) is 5.56 Å². The molecule has 1 aliphatic heterocycles. The van der Waals surface area contributed by atoms with Crippen LogP contribution < -0.4 is 10.7 Å². The van der Waals surface area contributed by atoms with Gasteiger partial charge in [0.05, 0.1) is 29.2 Å². The van der Waals surface area contributed by atoms with Crippen LogP contribution in [-0.4, -0.2) is 32.4 Å². The number of carboxylic acid groups (broad SMARTS) is 1. The third kappa shape index (κ3) is 3.26. The normalized spacial score (nSPS) is 16.0. The molecule has 0 N–H and O–H groups in total. The fourth-order valence-corrected chi connectivity index (χ4v) is 3.62. The first kappa shape index (κ1) is 17.9. The van der Waals surface area contributed by atoms with Crippen LogP contribution in [0.3, 0.4) is 0 Å². The van der Waals surface area contributed by atoms with Crippen molar-refractivity contribution in [1.29, 1.82) is 0 Å². The topological polar surface area (TPSA) is 95.3 Å². The van der Waals surface area contributed by atoms with E-state index in [1.807, 2.05) is 24.3 Å². The molecule has 0 spiro atoms. The molecular formula is C21H18N3O4-. The molecule has 3 aromatic rings. The van der Waals surface area contributed by atoms with Crippen LogP contribution >= 0.6 is 0 Å². The number of benzene rings is 2. The maximum absolute atomic E-state index is 12.8. The smallest absolute Gasteiger partial charge is 0.261 e. The number of rotatable bonds is 4. The minimum Gasteiger partial charge on any atom is -0.548 e. The molecule has 0 radical (unpaired) electrons. The second-order valence-corrected chi connectivity index (χ2v) is 6.84. The van der Waals surface area contributed by atoms with Crippen molar-refractivity contribution in [1.82, 2.24) is 14.5 Å². The molecular weight excluding hydrogens is 358 g/mol. The van der Waals surface area contributed by atoms with Gasteiger partial charge in [0.1, 0.15) is 0 Å². The molecule has 1 aliphatic rings. The van der Waals surface area contributed by atoms with Gasteiger partial charge in [-0.2, -0.15) is 0 Å². The minimum absolute atomic E-state index is 0.00583. The third-order valence-corrected chi connectivity index (χ3v) is 5.14. The minimum atomic E-state index is -1.27. The largest absolute Gasteiger partial charge is 0.548 e. The monoisotopic (exact) mass is 376 g/mol. The molecule has 7 nitrogen and oxygen atoms in total. The van der Waals surface area contributed by atoms with Crippen LogP contribution in [0.5, 0.6) is 0 Å². The van der Waals surface area contributed by atoms with Crippen molar-refractivity contribution in [3.63, 3.8) is 0 Å². The highest BCUT2D eigenvalue weighted by Gasteiger charge is 2.30. The predicted octanol–water partition coefficient (Wildman–Crippen LogP) is 0.490. The number of carbonyl (C=O) groups is 2. The van der Waals surface area contributed by atoms with E-state index in [4.69, 9.17) is 0 Å². The van der Waals surface area contributed by atoms with Crippen molar-refractivity contribution < 1.29 is 14.7 Å². The van der Waals surface area contributed by atoms with E-state index in [1.165, 1.54) is 15.8 Å². The Hall–Kier alpha value is -3.48. The van der Waals surface area contributed by atoms with Crippen LogP contribution in [0, 0.1) is 0 Å². The summed E-state index contributed by atoms with van der Waals surface area (Å²) in [5.41, 5.74) is 2.21. The van der Waals surface area contributed by atoms with E-state index in [0.29, 0.717) is 10.9 Å². The molecule has 0 saturated carbocycles. The zero-order valence-electron chi connectivity index (χ0n) is 15.1. The molecule has 1 atom stereocenters. The predicted molar refractivity (Wildman–Crippen MR) is 100 cm³/mol. The van der Waals surface area contributed by atoms with Gasteiger partial charge in [-0.15, -0.1) is 0 Å². The van der Waals surface area contributed by atoms with Gasteiger partial charge in [0, 0.05) is 19.5 Å². The molecule has 0 unspecified atom stereocenters. The van der Waals surface area contributed by atoms with Gasteiger partial charge in [0.15, 0.2) is 0 Å². The molecule has 0 fully saturated rings. The van der Waals surface area contributed by atoms with E-state index >= 15 is 0 Å². The number of carboxylic acids is 1. The Morgan fingerprint density at radius 2 is 1.79 bits per heavy atom. The zero-order valence-corrected chi connectivity index (χ0v) is 15.1. The average molecular weight is 376 g/mol. The maximum Gasteiger partial charge on any atom is 0.261 e. The number of para-hydroxylation sites is 1. The van der Waals surface area contributed by atoms with E-state index in [-0.39, 0.29) is 37.4 Å². The van der Waals surface area contributed by atoms with Crippen LogP contribution in [-0.2, 0) is 29.1 Å². The van der Waals surface area contributed by atoms with Crippen LogP contribution in [0.1, 0.15) is 17.5 Å². The molecule has 2 heterocycles. The lowest BCUT2D eigenvalue weighted by molar-refractivity contribution is -0.311. The molecule has 1 aromatic heterocycles. The van der Waals surface area contributed by atoms with Crippen molar-refractivity contribution in [3.8, 4) is 0 Å². The fourth-order valence-electron chi connectivity index (χ4n) is 3.62. The molecule has 28 heavy (non-hydrogen) atoms. The first-order valence-electron chi connectivity index (χ1n) is 9.06. The summed E-state index contributed by atoms with van der Waals surface area (Å²) >= 11 is 0. The number of aryl methyl sites for hydroxylation is 1. The summed E-state index contributed by atoms with van der Waals surface area (Å²) in [4.78, 5) is 42.5. The number of hydrogen-bond acceptors (Lipinski definition) is 5. The number of fused-ring (bicyclic) bond motifs is 2. The van der Waals surface area contributed by atoms with Crippen molar-refractivity contribution in [3.05, 3.63) is 76.3 Å². The number of aliphatic carboxylic acids is 1. The summed E-state index contributed by atoms with van der Waals surface area (Å²) in [6, 6.07) is 13.5. The summed E-state index contributed by atoms with van der Waals surface area (Å²) in [5, 5.41) is 12.1. The molecule has 0 saturated heterocycles. The highest BCUT2D eigenvalue weighted by molar-refractivity contribution is 5.84.